The van der Waals surface area contributed by atoms with Crippen LogP contribution in [-0.4, -0.2) is 104 Å². The Kier molecular flexibility index (Phi) is 15.2. The van der Waals surface area contributed by atoms with Crippen LogP contribution in [0, 0.1) is 0 Å². The minimum Gasteiger partial charge on any atom is -0.344 e. The quantitative estimate of drug-likeness (QED) is 0.0434. The molecule has 0 fully saturated rings. The fraction of sp³-hybridized carbons (Fsp3) is 0.195. The van der Waals surface area contributed by atoms with Crippen LogP contribution < -0.4 is 31.9 Å². The molecule has 6 amide bonds. The minimum absolute atomic E-state index is 0.0176. The van der Waals surface area contributed by atoms with E-state index in [2.05, 4.69) is 31.9 Å². The summed E-state index contributed by atoms with van der Waals surface area (Å²) in [4.78, 5) is 60.6. The lowest BCUT2D eigenvalue weighted by Gasteiger charge is -2.10. The number of rotatable bonds is 18. The van der Waals surface area contributed by atoms with Gasteiger partial charge in [0.15, 0.2) is 0 Å². The third kappa shape index (κ3) is 13.1. The zero-order chi connectivity index (χ0) is 51.5. The number of nitrogens with one attached hydrogen (secondary N) is 6. The number of anilines is 4. The third-order valence-electron chi connectivity index (χ3n) is 10.2. The van der Waals surface area contributed by atoms with E-state index in [0.29, 0.717) is 12.1 Å². The number of carbonyl (C=O) groups excluding carboxylic acids is 5. The molecule has 10 N–H and O–H groups in total. The average molecular weight is 1050 g/mol. The van der Waals surface area contributed by atoms with Gasteiger partial charge in [-0.05, 0) is 84.3 Å². The Morgan fingerprint density at radius 3 is 1.19 bits per heavy atom. The molecule has 0 radical (unpaired) electrons. The zero-order valence-corrected chi connectivity index (χ0v) is 39.7. The van der Waals surface area contributed by atoms with Crippen molar-refractivity contribution < 1.29 is 75.9 Å². The monoisotopic (exact) mass is 1050 g/mol. The van der Waals surface area contributed by atoms with Crippen molar-refractivity contribution in [2.24, 2.45) is 14.1 Å². The standard InChI is InChI=1S/C41H42N8O17S4/c1-48-21-27(17-33(48)39(52)46-25-9-7-23-13-29(67(55,56)57)19-35(31(23)15-25)69(61,62)63)44-37(50)5-3-11-42-41(54)43-12-4-6-38(51)45-28-18-34(49(2)22-28)40(53)47-26-10-8-24-14-30(68(58,59)60)20-36(32(24)16-26)70(64,65)66/h7-10,13-22H,3-6,11-12H2,1-2H3,(H,44,50)(H,45,51)(H,46,52)(H,47,53)(H2,42,43,54)(H,55,56,57)(H,58,59,60)(H,61,62,63)(H,64,65,66). The van der Waals surface area contributed by atoms with Crippen LogP contribution in [0.1, 0.15) is 46.7 Å². The highest BCUT2D eigenvalue weighted by molar-refractivity contribution is 7.87. The average Bonchev–Trinajstić information content (AvgIpc) is 3.81. The summed E-state index contributed by atoms with van der Waals surface area (Å²) in [5, 5.41) is 15.4. The van der Waals surface area contributed by atoms with Gasteiger partial charge in [0.05, 0.1) is 21.2 Å². The van der Waals surface area contributed by atoms with E-state index in [1.165, 1.54) is 84.2 Å². The lowest BCUT2D eigenvalue weighted by atomic mass is 10.1. The van der Waals surface area contributed by atoms with Crippen molar-refractivity contribution in [1.82, 2.24) is 19.8 Å². The summed E-state index contributed by atoms with van der Waals surface area (Å²) >= 11 is 0. The lowest BCUT2D eigenvalue weighted by Crippen LogP contribution is -2.37. The molecule has 0 saturated carbocycles. The Hall–Kier alpha value is -7.25. The number of hydrogen-bond donors (Lipinski definition) is 10. The number of aryl methyl sites for hydroxylation is 2. The second-order valence-corrected chi connectivity index (χ2v) is 21.1. The predicted octanol–water partition coefficient (Wildman–Crippen LogP) is 3.60. The summed E-state index contributed by atoms with van der Waals surface area (Å²) in [6, 6.07) is 12.9. The maximum atomic E-state index is 13.1. The number of urea groups is 1. The summed E-state index contributed by atoms with van der Waals surface area (Å²) in [5.74, 6) is -2.22. The first-order chi connectivity index (χ1) is 32.6. The van der Waals surface area contributed by atoms with Gasteiger partial charge >= 0.3 is 6.03 Å². The third-order valence-corrected chi connectivity index (χ3v) is 13.7. The van der Waals surface area contributed by atoms with E-state index < -0.39 is 89.7 Å². The van der Waals surface area contributed by atoms with Crippen LogP contribution in [0.2, 0.25) is 0 Å². The number of amides is 6. The molecule has 0 unspecified atom stereocenters. The van der Waals surface area contributed by atoms with Gasteiger partial charge in [0.2, 0.25) is 11.8 Å². The van der Waals surface area contributed by atoms with Crippen LogP contribution in [0.15, 0.2) is 105 Å². The molecular weight excluding hydrogens is 1000 g/mol. The van der Waals surface area contributed by atoms with Crippen LogP contribution >= 0.6 is 0 Å². The topological polar surface area (TPSA) is 385 Å². The van der Waals surface area contributed by atoms with Gasteiger partial charge in [-0.3, -0.25) is 37.4 Å². The molecule has 0 aliphatic carbocycles. The number of carbonyl (C=O) groups is 5. The van der Waals surface area contributed by atoms with Gasteiger partial charge in [-0.15, -0.1) is 0 Å². The number of fused-ring (bicyclic) bond motifs is 2. The Labute approximate surface area is 398 Å². The first-order valence-corrected chi connectivity index (χ1v) is 26.0. The van der Waals surface area contributed by atoms with Crippen LogP contribution in [0.5, 0.6) is 0 Å². The number of benzene rings is 4. The van der Waals surface area contributed by atoms with Gasteiger partial charge in [0, 0.05) is 74.6 Å². The van der Waals surface area contributed by atoms with Crippen molar-refractivity contribution in [3.63, 3.8) is 0 Å². The first kappa shape index (κ1) is 52.1. The molecule has 6 aromatic rings. The van der Waals surface area contributed by atoms with Crippen molar-refractivity contribution in [3.8, 4) is 0 Å². The van der Waals surface area contributed by atoms with Crippen LogP contribution in [-0.2, 0) is 64.2 Å². The number of nitrogens with zero attached hydrogens (tertiary/aromatic N) is 2. The molecule has 0 bridgehead atoms. The molecule has 0 atom stereocenters. The van der Waals surface area contributed by atoms with E-state index in [0.717, 1.165) is 12.1 Å². The van der Waals surface area contributed by atoms with Crippen LogP contribution in [0.4, 0.5) is 27.5 Å². The van der Waals surface area contributed by atoms with Gasteiger partial charge in [-0.1, -0.05) is 12.1 Å². The van der Waals surface area contributed by atoms with Gasteiger partial charge in [-0.2, -0.15) is 33.7 Å². The van der Waals surface area contributed by atoms with E-state index in [-0.39, 0.29) is 94.5 Å². The number of hydrogen-bond acceptors (Lipinski definition) is 13. The van der Waals surface area contributed by atoms with Gasteiger partial charge < -0.3 is 41.0 Å². The molecule has 0 aliphatic heterocycles. The molecule has 6 rings (SSSR count). The highest BCUT2D eigenvalue weighted by Crippen LogP contribution is 2.32. The Bertz CT molecular complexity index is 3360. The SMILES string of the molecule is Cn1cc(NC(=O)CCCNC(=O)NCCCC(=O)Nc2cc(C(=O)Nc3ccc4cc(S(=O)(=O)O)cc(S(=O)(=O)O)c4c3)n(C)c2)cc1C(=O)Nc1ccc2cc(S(=O)(=O)O)cc(S(=O)(=O)O)c2c1. The summed E-state index contributed by atoms with van der Waals surface area (Å²) < 4.78 is 136. The van der Waals surface area contributed by atoms with Crippen molar-refractivity contribution in [1.29, 1.82) is 0 Å². The van der Waals surface area contributed by atoms with E-state index in [4.69, 9.17) is 0 Å². The molecule has 25 nitrogen and oxygen atoms in total. The zero-order valence-electron chi connectivity index (χ0n) is 36.4. The predicted molar refractivity (Wildman–Crippen MR) is 251 cm³/mol. The van der Waals surface area contributed by atoms with Crippen LogP contribution in [0.25, 0.3) is 21.5 Å². The number of aromatic nitrogens is 2. The van der Waals surface area contributed by atoms with Crippen molar-refractivity contribution in [2.45, 2.75) is 45.3 Å². The second-order valence-electron chi connectivity index (χ2n) is 15.5. The fourth-order valence-electron chi connectivity index (χ4n) is 6.99. The Morgan fingerprint density at radius 1 is 0.471 bits per heavy atom. The second kappa shape index (κ2) is 20.4. The molecule has 0 aliphatic rings. The Balaban J connectivity index is 0.906. The van der Waals surface area contributed by atoms with E-state index in [1.807, 2.05) is 0 Å². The molecule has 4 aromatic carbocycles. The molecule has 2 aromatic heterocycles. The van der Waals surface area contributed by atoms with Gasteiger partial charge in [-0.25, -0.2) is 4.79 Å². The van der Waals surface area contributed by atoms with Crippen LogP contribution in [0.3, 0.4) is 0 Å². The summed E-state index contributed by atoms with van der Waals surface area (Å²) in [5.41, 5.74) is 0.812. The molecule has 0 saturated heterocycles. The fourth-order valence-corrected chi connectivity index (χ4v) is 9.69. The van der Waals surface area contributed by atoms with Gasteiger partial charge in [0.25, 0.3) is 52.3 Å². The van der Waals surface area contributed by atoms with Crippen molar-refractivity contribution in [2.75, 3.05) is 34.4 Å². The summed E-state index contributed by atoms with van der Waals surface area (Å²) in [6.07, 6.45) is 3.35. The van der Waals surface area contributed by atoms with E-state index >= 15 is 0 Å². The summed E-state index contributed by atoms with van der Waals surface area (Å²) in [6.45, 7) is 0.220. The smallest absolute Gasteiger partial charge is 0.314 e. The molecule has 29 heteroatoms. The largest absolute Gasteiger partial charge is 0.344 e. The van der Waals surface area contributed by atoms with E-state index in [1.54, 1.807) is 0 Å². The van der Waals surface area contributed by atoms with E-state index in [9.17, 15) is 75.9 Å². The maximum Gasteiger partial charge on any atom is 0.314 e. The van der Waals surface area contributed by atoms with Crippen molar-refractivity contribution >= 4 is 114 Å². The lowest BCUT2D eigenvalue weighted by molar-refractivity contribution is -0.117. The summed E-state index contributed by atoms with van der Waals surface area (Å²) in [7, 11) is -16.5. The van der Waals surface area contributed by atoms with Crippen molar-refractivity contribution in [3.05, 3.63) is 96.6 Å². The normalized spacial score (nSPS) is 12.1. The highest BCUT2D eigenvalue weighted by Gasteiger charge is 2.24. The Morgan fingerprint density at radius 2 is 0.843 bits per heavy atom. The molecule has 372 valence electrons. The molecule has 70 heavy (non-hydrogen) atoms. The van der Waals surface area contributed by atoms with Gasteiger partial charge in [0.1, 0.15) is 21.2 Å². The minimum atomic E-state index is -4.97. The highest BCUT2D eigenvalue weighted by atomic mass is 32.2. The molecule has 0 spiro atoms. The first-order valence-electron chi connectivity index (χ1n) is 20.2. The molecular formula is C41H42N8O17S4. The maximum absolute atomic E-state index is 13.1. The molecule has 2 heterocycles.